The van der Waals surface area contributed by atoms with Gasteiger partial charge in [0.05, 0.1) is 25.2 Å². The van der Waals surface area contributed by atoms with Gasteiger partial charge in [-0.3, -0.25) is 9.59 Å². The average Bonchev–Trinajstić information content (AvgIpc) is 2.93. The Labute approximate surface area is 149 Å². The minimum Gasteiger partial charge on any atom is -0.358 e. The van der Waals surface area contributed by atoms with Gasteiger partial charge in [0.15, 0.2) is 0 Å². The number of aromatic nitrogens is 1. The predicted molar refractivity (Wildman–Crippen MR) is 101 cm³/mol. The van der Waals surface area contributed by atoms with Crippen LogP contribution in [0.3, 0.4) is 0 Å². The molecule has 1 aromatic carbocycles. The lowest BCUT2D eigenvalue weighted by atomic mass is 10.1. The summed E-state index contributed by atoms with van der Waals surface area (Å²) in [4.78, 5) is 29.5. The number of rotatable bonds is 10. The molecule has 0 radical (unpaired) electrons. The number of carbonyl (C=O) groups is 2. The minimum atomic E-state index is -0.514. The largest absolute Gasteiger partial charge is 0.358 e. The van der Waals surface area contributed by atoms with Crippen LogP contribution in [-0.4, -0.2) is 42.9 Å². The summed E-state index contributed by atoms with van der Waals surface area (Å²) in [6, 6.07) is 7.57. The zero-order valence-electron chi connectivity index (χ0n) is 15.6. The van der Waals surface area contributed by atoms with Crippen LogP contribution in [0, 0.1) is 6.92 Å². The minimum absolute atomic E-state index is 0.457. The first kappa shape index (κ1) is 19.2. The van der Waals surface area contributed by atoms with Crippen molar-refractivity contribution in [2.45, 2.75) is 40.0 Å². The second kappa shape index (κ2) is 9.37. The molecule has 3 N–H and O–H groups in total. The van der Waals surface area contributed by atoms with Crippen molar-refractivity contribution in [3.05, 3.63) is 35.5 Å². The maximum absolute atomic E-state index is 12.5. The number of carbonyl (C=O) groups excluding carboxylic acids is 2. The molecule has 0 spiro atoms. The van der Waals surface area contributed by atoms with Crippen LogP contribution in [-0.2, 0) is 4.79 Å². The summed E-state index contributed by atoms with van der Waals surface area (Å²) in [6.07, 6.45) is 3.22. The van der Waals surface area contributed by atoms with Crippen LogP contribution >= 0.6 is 0 Å². The van der Waals surface area contributed by atoms with E-state index in [1.165, 1.54) is 12.8 Å². The molecule has 1 aromatic heterocycles. The van der Waals surface area contributed by atoms with E-state index in [1.807, 2.05) is 31.2 Å². The molecule has 0 saturated carbocycles. The lowest BCUT2D eigenvalue weighted by Crippen LogP contribution is -3.12. The zero-order valence-corrected chi connectivity index (χ0v) is 15.6. The summed E-state index contributed by atoms with van der Waals surface area (Å²) in [5, 5.41) is 3.59. The molecule has 1 heterocycles. The number of H-pyrrole nitrogens is 1. The lowest BCUT2D eigenvalue weighted by molar-refractivity contribution is -0.900. The number of hydrogen-bond acceptors (Lipinski definition) is 2. The Hall–Kier alpha value is -2.14. The van der Waals surface area contributed by atoms with Gasteiger partial charge in [0.25, 0.3) is 11.7 Å². The predicted octanol–water partition coefficient (Wildman–Crippen LogP) is 1.87. The van der Waals surface area contributed by atoms with Crippen molar-refractivity contribution < 1.29 is 14.5 Å². The number of nitrogens with one attached hydrogen (secondary N) is 3. The molecule has 0 aliphatic rings. The maximum atomic E-state index is 12.5. The van der Waals surface area contributed by atoms with Crippen LogP contribution in [0.15, 0.2) is 24.3 Å². The summed E-state index contributed by atoms with van der Waals surface area (Å²) < 4.78 is 0. The molecule has 2 aromatic rings. The van der Waals surface area contributed by atoms with Gasteiger partial charge in [-0.2, -0.15) is 0 Å². The molecule has 0 atom stereocenters. The highest BCUT2D eigenvalue weighted by molar-refractivity contribution is 6.45. The Morgan fingerprint density at radius 3 is 2.44 bits per heavy atom. The van der Waals surface area contributed by atoms with Crippen molar-refractivity contribution in [1.82, 2.24) is 10.3 Å². The number of Topliss-reactive ketones (excluding diaryl/α,β-unsaturated/α-hetero) is 1. The standard InChI is InChI=1S/C20H29N3O2/c1-4-12-23(13-5-2)14-8-11-21-20(25)19(24)18-15(3)22-17-10-7-6-9-16(17)18/h6-7,9-10,22H,4-5,8,11-14H2,1-3H3,(H,21,25)/p+1. The van der Waals surface area contributed by atoms with Crippen LogP contribution < -0.4 is 10.2 Å². The number of benzene rings is 1. The molecule has 0 aliphatic heterocycles. The molecule has 0 aliphatic carbocycles. The van der Waals surface area contributed by atoms with Gasteiger partial charge in [-0.1, -0.05) is 32.0 Å². The van der Waals surface area contributed by atoms with Gasteiger partial charge >= 0.3 is 0 Å². The fourth-order valence-electron chi connectivity index (χ4n) is 3.39. The highest BCUT2D eigenvalue weighted by Gasteiger charge is 2.22. The Kier molecular flexibility index (Phi) is 7.19. The number of aromatic amines is 1. The third kappa shape index (κ3) is 4.92. The van der Waals surface area contributed by atoms with E-state index >= 15 is 0 Å². The van der Waals surface area contributed by atoms with Gasteiger partial charge in [-0.15, -0.1) is 0 Å². The van der Waals surface area contributed by atoms with Gasteiger partial charge in [-0.25, -0.2) is 0 Å². The molecule has 0 bridgehead atoms. The SMILES string of the molecule is CCC[NH+](CCC)CCCNC(=O)C(=O)c1c(C)[nH]c2ccccc12. The number of quaternary nitrogens is 1. The highest BCUT2D eigenvalue weighted by atomic mass is 16.2. The van der Waals surface area contributed by atoms with Crippen molar-refractivity contribution in [1.29, 1.82) is 0 Å². The van der Waals surface area contributed by atoms with Gasteiger partial charge in [0.1, 0.15) is 0 Å². The Morgan fingerprint density at radius 1 is 1.08 bits per heavy atom. The van der Waals surface area contributed by atoms with Gasteiger partial charge in [0, 0.05) is 29.6 Å². The van der Waals surface area contributed by atoms with Crippen molar-refractivity contribution >= 4 is 22.6 Å². The molecule has 0 unspecified atom stereocenters. The van der Waals surface area contributed by atoms with E-state index in [9.17, 15) is 9.59 Å². The first-order chi connectivity index (χ1) is 12.1. The summed E-state index contributed by atoms with van der Waals surface area (Å²) in [5.74, 6) is -0.971. The summed E-state index contributed by atoms with van der Waals surface area (Å²) in [7, 11) is 0. The Morgan fingerprint density at radius 2 is 1.76 bits per heavy atom. The third-order valence-corrected chi connectivity index (χ3v) is 4.53. The fourth-order valence-corrected chi connectivity index (χ4v) is 3.39. The van der Waals surface area contributed by atoms with E-state index in [2.05, 4.69) is 24.1 Å². The maximum Gasteiger partial charge on any atom is 0.292 e. The third-order valence-electron chi connectivity index (χ3n) is 4.53. The van der Waals surface area contributed by atoms with E-state index in [1.54, 1.807) is 4.90 Å². The van der Waals surface area contributed by atoms with Crippen LogP contribution in [0.5, 0.6) is 0 Å². The molecule has 0 saturated heterocycles. The summed E-state index contributed by atoms with van der Waals surface area (Å²) in [6.45, 7) is 10.1. The van der Waals surface area contributed by atoms with E-state index in [0.717, 1.165) is 42.7 Å². The van der Waals surface area contributed by atoms with E-state index in [4.69, 9.17) is 0 Å². The van der Waals surface area contributed by atoms with Gasteiger partial charge < -0.3 is 15.2 Å². The first-order valence-corrected chi connectivity index (χ1v) is 9.31. The van der Waals surface area contributed by atoms with Crippen molar-refractivity contribution in [2.75, 3.05) is 26.2 Å². The molecule has 2 rings (SSSR count). The molecule has 0 fully saturated rings. The number of hydrogen-bond donors (Lipinski definition) is 3. The average molecular weight is 344 g/mol. The molecule has 136 valence electrons. The second-order valence-corrected chi connectivity index (χ2v) is 6.61. The van der Waals surface area contributed by atoms with E-state index in [-0.39, 0.29) is 0 Å². The number of ketones is 1. The molecule has 25 heavy (non-hydrogen) atoms. The zero-order chi connectivity index (χ0) is 18.2. The van der Waals surface area contributed by atoms with Crippen LogP contribution in [0.2, 0.25) is 0 Å². The fraction of sp³-hybridized carbons (Fsp3) is 0.500. The Balaban J connectivity index is 1.90. The molecular formula is C20H30N3O2+. The number of amides is 1. The van der Waals surface area contributed by atoms with Crippen molar-refractivity contribution in [3.63, 3.8) is 0 Å². The first-order valence-electron chi connectivity index (χ1n) is 9.31. The highest BCUT2D eigenvalue weighted by Crippen LogP contribution is 2.22. The number of aryl methyl sites for hydroxylation is 1. The smallest absolute Gasteiger partial charge is 0.292 e. The topological polar surface area (TPSA) is 66.4 Å². The van der Waals surface area contributed by atoms with Gasteiger partial charge in [0.2, 0.25) is 0 Å². The quantitative estimate of drug-likeness (QED) is 0.350. The summed E-state index contributed by atoms with van der Waals surface area (Å²) in [5.41, 5.74) is 2.11. The van der Waals surface area contributed by atoms with Crippen molar-refractivity contribution in [3.8, 4) is 0 Å². The second-order valence-electron chi connectivity index (χ2n) is 6.61. The lowest BCUT2D eigenvalue weighted by Gasteiger charge is -2.18. The monoisotopic (exact) mass is 344 g/mol. The molecule has 5 heteroatoms. The van der Waals surface area contributed by atoms with E-state index < -0.39 is 11.7 Å². The van der Waals surface area contributed by atoms with Crippen LogP contribution in [0.4, 0.5) is 0 Å². The Bertz CT molecular complexity index is 715. The van der Waals surface area contributed by atoms with Crippen LogP contribution in [0.1, 0.15) is 49.2 Å². The normalized spacial score (nSPS) is 11.2. The molecule has 1 amide bonds. The van der Waals surface area contributed by atoms with E-state index in [0.29, 0.717) is 12.1 Å². The number of fused-ring (bicyclic) bond motifs is 1. The van der Waals surface area contributed by atoms with Crippen molar-refractivity contribution in [2.24, 2.45) is 0 Å². The number of para-hydroxylation sites is 1. The molecule has 5 nitrogen and oxygen atoms in total. The van der Waals surface area contributed by atoms with Gasteiger partial charge in [-0.05, 0) is 25.8 Å². The summed E-state index contributed by atoms with van der Waals surface area (Å²) >= 11 is 0. The molecular weight excluding hydrogens is 314 g/mol. The van der Waals surface area contributed by atoms with Crippen LogP contribution in [0.25, 0.3) is 10.9 Å².